The summed E-state index contributed by atoms with van der Waals surface area (Å²) in [5, 5.41) is 5.70. The van der Waals surface area contributed by atoms with E-state index in [2.05, 4.69) is 10.6 Å². The van der Waals surface area contributed by atoms with E-state index in [1.54, 1.807) is 25.1 Å². The highest BCUT2D eigenvalue weighted by Crippen LogP contribution is 2.28. The normalized spacial score (nSPS) is 10.2. The zero-order valence-corrected chi connectivity index (χ0v) is 14.9. The molecule has 0 aliphatic carbocycles. The van der Waals surface area contributed by atoms with Gasteiger partial charge >= 0.3 is 11.8 Å². The summed E-state index contributed by atoms with van der Waals surface area (Å²) in [6, 6.07) is 8.25. The van der Waals surface area contributed by atoms with Gasteiger partial charge in [0.2, 0.25) is 0 Å². The molecule has 0 spiro atoms. The van der Waals surface area contributed by atoms with E-state index in [9.17, 15) is 9.59 Å². The van der Waals surface area contributed by atoms with Gasteiger partial charge in [-0.3, -0.25) is 9.59 Å². The van der Waals surface area contributed by atoms with Crippen molar-refractivity contribution in [3.8, 4) is 5.75 Å². The fraction of sp³-hybridized carbons (Fsp3) is 0.176. The number of aryl methyl sites for hydroxylation is 2. The van der Waals surface area contributed by atoms with E-state index < -0.39 is 11.8 Å². The molecule has 0 radical (unpaired) electrons. The van der Waals surface area contributed by atoms with E-state index in [1.165, 1.54) is 13.2 Å². The van der Waals surface area contributed by atoms with Gasteiger partial charge in [0.05, 0.1) is 22.8 Å². The average Bonchev–Trinajstić information content (AvgIpc) is 2.50. The molecule has 2 N–H and O–H groups in total. The van der Waals surface area contributed by atoms with Crippen molar-refractivity contribution >= 4 is 46.4 Å². The summed E-state index contributed by atoms with van der Waals surface area (Å²) < 4.78 is 5.03. The fourth-order valence-electron chi connectivity index (χ4n) is 2.18. The number of methoxy groups -OCH3 is 1. The fourth-order valence-corrected chi connectivity index (χ4v) is 2.80. The quantitative estimate of drug-likeness (QED) is 0.800. The number of benzene rings is 2. The first-order chi connectivity index (χ1) is 11.3. The van der Waals surface area contributed by atoms with Gasteiger partial charge in [-0.2, -0.15) is 0 Å². The van der Waals surface area contributed by atoms with Crippen LogP contribution in [0.5, 0.6) is 5.75 Å². The molecular formula is C17H16Cl2N2O3. The van der Waals surface area contributed by atoms with Gasteiger partial charge in [0.15, 0.2) is 0 Å². The van der Waals surface area contributed by atoms with Crippen LogP contribution in [0.1, 0.15) is 11.1 Å². The highest BCUT2D eigenvalue weighted by molar-refractivity contribution is 6.45. The SMILES string of the molecule is COc1ccc(NC(=O)C(=O)Nc2c(C)cc(C)cc2Cl)cc1Cl. The number of hydrogen-bond donors (Lipinski definition) is 2. The van der Waals surface area contributed by atoms with Crippen LogP contribution >= 0.6 is 23.2 Å². The molecule has 0 saturated heterocycles. The Bertz CT molecular complexity index is 783. The van der Waals surface area contributed by atoms with E-state index in [1.807, 2.05) is 13.0 Å². The first-order valence-corrected chi connectivity index (χ1v) is 7.80. The highest BCUT2D eigenvalue weighted by Gasteiger charge is 2.17. The van der Waals surface area contributed by atoms with Gasteiger partial charge in [0.25, 0.3) is 0 Å². The minimum absolute atomic E-state index is 0.327. The Balaban J connectivity index is 2.11. The lowest BCUT2D eigenvalue weighted by Crippen LogP contribution is -2.29. The lowest BCUT2D eigenvalue weighted by molar-refractivity contribution is -0.133. The van der Waals surface area contributed by atoms with Crippen molar-refractivity contribution in [2.24, 2.45) is 0 Å². The second kappa shape index (κ2) is 7.55. The molecular weight excluding hydrogens is 351 g/mol. The molecule has 7 heteroatoms. The van der Waals surface area contributed by atoms with Crippen LogP contribution in [-0.4, -0.2) is 18.9 Å². The van der Waals surface area contributed by atoms with Gasteiger partial charge in [-0.1, -0.05) is 29.3 Å². The number of amides is 2. The maximum atomic E-state index is 12.1. The second-order valence-electron chi connectivity index (χ2n) is 5.20. The van der Waals surface area contributed by atoms with Crippen LogP contribution < -0.4 is 15.4 Å². The molecule has 0 atom stereocenters. The molecule has 0 heterocycles. The summed E-state index contributed by atoms with van der Waals surface area (Å²) in [5.41, 5.74) is 2.53. The highest BCUT2D eigenvalue weighted by atomic mass is 35.5. The second-order valence-corrected chi connectivity index (χ2v) is 6.01. The molecule has 0 aliphatic heterocycles. The molecule has 0 bridgehead atoms. The predicted molar refractivity (Wildman–Crippen MR) is 96.2 cm³/mol. The summed E-state index contributed by atoms with van der Waals surface area (Å²) in [7, 11) is 1.49. The number of rotatable bonds is 3. The van der Waals surface area contributed by atoms with Crippen molar-refractivity contribution in [2.45, 2.75) is 13.8 Å². The van der Waals surface area contributed by atoms with Crippen molar-refractivity contribution in [1.29, 1.82) is 0 Å². The number of hydrogen-bond acceptors (Lipinski definition) is 3. The largest absolute Gasteiger partial charge is 0.495 e. The van der Waals surface area contributed by atoms with E-state index in [-0.39, 0.29) is 0 Å². The van der Waals surface area contributed by atoms with E-state index in [4.69, 9.17) is 27.9 Å². The topological polar surface area (TPSA) is 67.4 Å². The molecule has 0 aromatic heterocycles. The van der Waals surface area contributed by atoms with Crippen molar-refractivity contribution < 1.29 is 14.3 Å². The van der Waals surface area contributed by atoms with Crippen LogP contribution in [0.15, 0.2) is 30.3 Å². The lowest BCUT2D eigenvalue weighted by atomic mass is 10.1. The van der Waals surface area contributed by atoms with Crippen LogP contribution in [0.25, 0.3) is 0 Å². The molecule has 24 heavy (non-hydrogen) atoms. The van der Waals surface area contributed by atoms with Crippen LogP contribution in [0.2, 0.25) is 10.0 Å². The van der Waals surface area contributed by atoms with Crippen molar-refractivity contribution in [3.05, 3.63) is 51.5 Å². The smallest absolute Gasteiger partial charge is 0.314 e. The number of nitrogens with one attached hydrogen (secondary N) is 2. The first-order valence-electron chi connectivity index (χ1n) is 7.04. The average molecular weight is 367 g/mol. The van der Waals surface area contributed by atoms with Crippen molar-refractivity contribution in [2.75, 3.05) is 17.7 Å². The van der Waals surface area contributed by atoms with Crippen molar-refractivity contribution in [1.82, 2.24) is 0 Å². The van der Waals surface area contributed by atoms with Crippen molar-refractivity contribution in [3.63, 3.8) is 0 Å². The number of halogens is 2. The Morgan fingerprint density at radius 3 is 2.21 bits per heavy atom. The maximum Gasteiger partial charge on any atom is 0.314 e. The Morgan fingerprint density at radius 2 is 1.62 bits per heavy atom. The molecule has 0 aliphatic rings. The molecule has 126 valence electrons. The summed E-state index contributed by atoms with van der Waals surface area (Å²) in [6.45, 7) is 3.69. The first kappa shape index (κ1) is 18.1. The van der Waals surface area contributed by atoms with Gasteiger partial charge in [-0.15, -0.1) is 0 Å². The zero-order chi connectivity index (χ0) is 17.9. The molecule has 0 saturated carbocycles. The molecule has 2 aromatic carbocycles. The van der Waals surface area contributed by atoms with Crippen LogP contribution in [0.3, 0.4) is 0 Å². The summed E-state index contributed by atoms with van der Waals surface area (Å²) in [5.74, 6) is -1.18. The summed E-state index contributed by atoms with van der Waals surface area (Å²) in [6.07, 6.45) is 0. The molecule has 0 fully saturated rings. The Labute approximate surface area is 149 Å². The summed E-state index contributed by atoms with van der Waals surface area (Å²) in [4.78, 5) is 24.1. The molecule has 5 nitrogen and oxygen atoms in total. The van der Waals surface area contributed by atoms with E-state index in [0.29, 0.717) is 27.2 Å². The van der Waals surface area contributed by atoms with Crippen LogP contribution in [-0.2, 0) is 9.59 Å². The standard InChI is InChI=1S/C17H16Cl2N2O3/c1-9-6-10(2)15(13(19)7-9)21-17(23)16(22)20-11-4-5-14(24-3)12(18)8-11/h4-8H,1-3H3,(H,20,22)(H,21,23). The van der Waals surface area contributed by atoms with Gasteiger partial charge in [0, 0.05) is 5.69 Å². The van der Waals surface area contributed by atoms with Gasteiger partial charge < -0.3 is 15.4 Å². The van der Waals surface area contributed by atoms with Gasteiger partial charge in [-0.05, 0) is 49.2 Å². The van der Waals surface area contributed by atoms with E-state index >= 15 is 0 Å². The van der Waals surface area contributed by atoms with Crippen LogP contribution in [0.4, 0.5) is 11.4 Å². The van der Waals surface area contributed by atoms with Gasteiger partial charge in [0.1, 0.15) is 5.75 Å². The number of carbonyl (C=O) groups is 2. The maximum absolute atomic E-state index is 12.1. The number of anilines is 2. The Kier molecular flexibility index (Phi) is 5.70. The Hall–Kier alpha value is -2.24. The van der Waals surface area contributed by atoms with Gasteiger partial charge in [-0.25, -0.2) is 0 Å². The van der Waals surface area contributed by atoms with E-state index in [0.717, 1.165) is 11.1 Å². The third-order valence-corrected chi connectivity index (χ3v) is 3.88. The third kappa shape index (κ3) is 4.19. The molecule has 2 aromatic rings. The summed E-state index contributed by atoms with van der Waals surface area (Å²) >= 11 is 12.1. The lowest BCUT2D eigenvalue weighted by Gasteiger charge is -2.12. The number of ether oxygens (including phenoxy) is 1. The molecule has 2 amide bonds. The van der Waals surface area contributed by atoms with Crippen LogP contribution in [0, 0.1) is 13.8 Å². The minimum Gasteiger partial charge on any atom is -0.495 e. The third-order valence-electron chi connectivity index (χ3n) is 3.29. The minimum atomic E-state index is -0.827. The molecule has 2 rings (SSSR count). The Morgan fingerprint density at radius 1 is 0.958 bits per heavy atom. The molecule has 0 unspecified atom stereocenters. The monoisotopic (exact) mass is 366 g/mol. The zero-order valence-electron chi connectivity index (χ0n) is 13.4. The number of carbonyl (C=O) groups excluding carboxylic acids is 2. The predicted octanol–water partition coefficient (Wildman–Crippen LogP) is 4.20.